The molecule has 0 aromatic heterocycles. The molecule has 28 heavy (non-hydrogen) atoms. The Morgan fingerprint density at radius 3 is 2.54 bits per heavy atom. The van der Waals surface area contributed by atoms with Crippen molar-refractivity contribution in [2.75, 3.05) is 20.8 Å². The summed E-state index contributed by atoms with van der Waals surface area (Å²) >= 11 is 6.02. The second kappa shape index (κ2) is 9.38. The summed E-state index contributed by atoms with van der Waals surface area (Å²) in [6.07, 6.45) is 4.56. The number of hydrogen-bond acceptors (Lipinski definition) is 4. The summed E-state index contributed by atoms with van der Waals surface area (Å²) in [4.78, 5) is 0. The van der Waals surface area contributed by atoms with Gasteiger partial charge in [0.1, 0.15) is 12.4 Å². The minimum atomic E-state index is 0.406. The summed E-state index contributed by atoms with van der Waals surface area (Å²) in [5.41, 5.74) is 4.27. The lowest BCUT2D eigenvalue weighted by Crippen LogP contribution is -2.23. The van der Waals surface area contributed by atoms with E-state index < -0.39 is 0 Å². The van der Waals surface area contributed by atoms with Crippen LogP contribution in [0, 0.1) is 0 Å². The van der Waals surface area contributed by atoms with Crippen LogP contribution in [-0.2, 0) is 17.8 Å². The molecule has 1 aliphatic rings. The Kier molecular flexibility index (Phi) is 6.66. The third-order valence-corrected chi connectivity index (χ3v) is 4.55. The first-order valence-electron chi connectivity index (χ1n) is 9.04. The van der Waals surface area contributed by atoms with Crippen LogP contribution in [-0.4, -0.2) is 20.8 Å². The van der Waals surface area contributed by atoms with Gasteiger partial charge in [0, 0.05) is 28.9 Å². The maximum Gasteiger partial charge on any atom is 0.161 e. The lowest BCUT2D eigenvalue weighted by Gasteiger charge is -2.23. The minimum absolute atomic E-state index is 0.406. The molecule has 2 aromatic carbocycles. The van der Waals surface area contributed by atoms with E-state index in [-0.39, 0.29) is 0 Å². The lowest BCUT2D eigenvalue weighted by molar-refractivity contribution is 0.211. The third-order valence-electron chi connectivity index (χ3n) is 4.44. The quantitative estimate of drug-likeness (QED) is 0.524. The van der Waals surface area contributed by atoms with E-state index in [1.54, 1.807) is 20.3 Å². The number of allylic oxidation sites excluding steroid dienone is 3. The zero-order valence-electron chi connectivity index (χ0n) is 16.1. The molecule has 0 spiro atoms. The molecule has 1 aliphatic heterocycles. The molecular weight excluding hydrogens is 374 g/mol. The van der Waals surface area contributed by atoms with Crippen molar-refractivity contribution >= 4 is 17.3 Å². The van der Waals surface area contributed by atoms with Crippen LogP contribution in [0.3, 0.4) is 0 Å². The summed E-state index contributed by atoms with van der Waals surface area (Å²) in [5, 5.41) is 3.84. The largest absolute Gasteiger partial charge is 0.493 e. The van der Waals surface area contributed by atoms with Gasteiger partial charge in [0.25, 0.3) is 0 Å². The Bertz CT molecular complexity index is 904. The summed E-state index contributed by atoms with van der Waals surface area (Å²) in [6.45, 7) is 5.03. The average molecular weight is 398 g/mol. The van der Waals surface area contributed by atoms with Crippen molar-refractivity contribution in [2.24, 2.45) is 0 Å². The van der Waals surface area contributed by atoms with E-state index >= 15 is 0 Å². The number of hydrogen-bond donors (Lipinski definition) is 1. The van der Waals surface area contributed by atoms with Crippen LogP contribution < -0.4 is 14.8 Å². The molecule has 2 aromatic rings. The molecule has 5 heteroatoms. The van der Waals surface area contributed by atoms with Gasteiger partial charge in [-0.25, -0.2) is 0 Å². The van der Waals surface area contributed by atoms with E-state index in [4.69, 9.17) is 25.8 Å². The van der Waals surface area contributed by atoms with Gasteiger partial charge in [0.2, 0.25) is 0 Å². The summed E-state index contributed by atoms with van der Waals surface area (Å²) in [5.74, 6) is 2.05. The molecule has 0 aliphatic carbocycles. The van der Waals surface area contributed by atoms with Crippen LogP contribution in [0.4, 0.5) is 0 Å². The highest BCUT2D eigenvalue weighted by atomic mass is 35.5. The summed E-state index contributed by atoms with van der Waals surface area (Å²) in [6, 6.07) is 14.0. The van der Waals surface area contributed by atoms with Crippen molar-refractivity contribution in [1.82, 2.24) is 5.32 Å². The zero-order valence-corrected chi connectivity index (χ0v) is 16.9. The summed E-state index contributed by atoms with van der Waals surface area (Å²) < 4.78 is 16.9. The van der Waals surface area contributed by atoms with E-state index in [1.807, 2.05) is 48.5 Å². The van der Waals surface area contributed by atoms with Gasteiger partial charge in [-0.2, -0.15) is 0 Å². The first-order chi connectivity index (χ1) is 13.6. The maximum absolute atomic E-state index is 6.02. The van der Waals surface area contributed by atoms with Crippen LogP contribution in [0.5, 0.6) is 11.5 Å². The van der Waals surface area contributed by atoms with Crippen LogP contribution in [0.15, 0.2) is 72.0 Å². The van der Waals surface area contributed by atoms with Gasteiger partial charge in [-0.1, -0.05) is 48.5 Å². The number of benzene rings is 2. The Hall–Kier alpha value is -2.85. The zero-order chi connectivity index (χ0) is 19.9. The number of ether oxygens (including phenoxy) is 3. The SMILES string of the molecule is C=C(Cl)/C=C(\C=C1/NCCc2cc(OC)c(OC)cc21)OCc1ccccc1. The first kappa shape index (κ1) is 19.9. The molecule has 0 saturated carbocycles. The molecule has 0 amide bonds. The molecule has 0 saturated heterocycles. The Balaban J connectivity index is 1.92. The molecular formula is C23H24ClNO3. The smallest absolute Gasteiger partial charge is 0.161 e. The number of halogens is 1. The van der Waals surface area contributed by atoms with Crippen molar-refractivity contribution in [3.63, 3.8) is 0 Å². The molecule has 0 fully saturated rings. The van der Waals surface area contributed by atoms with Gasteiger partial charge in [-0.15, -0.1) is 0 Å². The van der Waals surface area contributed by atoms with Gasteiger partial charge in [0.05, 0.1) is 14.2 Å². The predicted molar refractivity (Wildman–Crippen MR) is 114 cm³/mol. The van der Waals surface area contributed by atoms with Crippen molar-refractivity contribution < 1.29 is 14.2 Å². The average Bonchev–Trinajstić information content (AvgIpc) is 2.71. The fourth-order valence-electron chi connectivity index (χ4n) is 3.10. The number of fused-ring (bicyclic) bond motifs is 1. The monoisotopic (exact) mass is 397 g/mol. The molecule has 0 unspecified atom stereocenters. The molecule has 146 valence electrons. The van der Waals surface area contributed by atoms with Gasteiger partial charge in [-0.05, 0) is 35.8 Å². The Labute approximate surface area is 171 Å². The molecule has 1 N–H and O–H groups in total. The van der Waals surface area contributed by atoms with Crippen molar-refractivity contribution in [1.29, 1.82) is 0 Å². The van der Waals surface area contributed by atoms with Crippen LogP contribution in [0.25, 0.3) is 5.70 Å². The van der Waals surface area contributed by atoms with Crippen molar-refractivity contribution in [3.8, 4) is 11.5 Å². The Morgan fingerprint density at radius 1 is 1.14 bits per heavy atom. The maximum atomic E-state index is 6.02. The summed E-state index contributed by atoms with van der Waals surface area (Å²) in [7, 11) is 3.28. The van der Waals surface area contributed by atoms with Gasteiger partial charge in [0.15, 0.2) is 11.5 Å². The number of rotatable bonds is 7. The number of methoxy groups -OCH3 is 2. The third kappa shape index (κ3) is 4.90. The van der Waals surface area contributed by atoms with Crippen LogP contribution >= 0.6 is 11.6 Å². The highest BCUT2D eigenvalue weighted by Crippen LogP contribution is 2.35. The normalized spacial score (nSPS) is 14.8. The predicted octanol–water partition coefficient (Wildman–Crippen LogP) is 5.04. The molecule has 4 nitrogen and oxygen atoms in total. The molecule has 0 atom stereocenters. The lowest BCUT2D eigenvalue weighted by atomic mass is 9.96. The second-order valence-electron chi connectivity index (χ2n) is 6.37. The van der Waals surface area contributed by atoms with E-state index in [0.29, 0.717) is 23.1 Å². The van der Waals surface area contributed by atoms with Gasteiger partial charge < -0.3 is 19.5 Å². The van der Waals surface area contributed by atoms with Crippen molar-refractivity contribution in [3.05, 3.63) is 88.7 Å². The van der Waals surface area contributed by atoms with Crippen LogP contribution in [0.2, 0.25) is 0 Å². The molecule has 0 bridgehead atoms. The fraction of sp³-hybridized carbons (Fsp3) is 0.217. The minimum Gasteiger partial charge on any atom is -0.493 e. The Morgan fingerprint density at radius 2 is 1.86 bits per heavy atom. The highest BCUT2D eigenvalue weighted by molar-refractivity contribution is 6.30. The standard InChI is InChI=1S/C23H24ClNO3/c1-16(24)11-19(28-15-17-7-5-4-6-8-17)13-21-20-14-23(27-3)22(26-2)12-18(20)9-10-25-21/h4-8,11-14,25H,1,9-10,15H2,2-3H3/b19-11+,21-13-. The van der Waals surface area contributed by atoms with Gasteiger partial charge >= 0.3 is 0 Å². The molecule has 3 rings (SSSR count). The first-order valence-corrected chi connectivity index (χ1v) is 9.42. The van der Waals surface area contributed by atoms with Crippen molar-refractivity contribution in [2.45, 2.75) is 13.0 Å². The fourth-order valence-corrected chi connectivity index (χ4v) is 3.20. The number of nitrogens with one attached hydrogen (secondary N) is 1. The van der Waals surface area contributed by atoms with E-state index in [1.165, 1.54) is 5.56 Å². The second-order valence-corrected chi connectivity index (χ2v) is 6.85. The van der Waals surface area contributed by atoms with E-state index in [0.717, 1.165) is 35.5 Å². The molecule has 1 heterocycles. The van der Waals surface area contributed by atoms with E-state index in [9.17, 15) is 0 Å². The topological polar surface area (TPSA) is 39.7 Å². The van der Waals surface area contributed by atoms with Gasteiger partial charge in [-0.3, -0.25) is 0 Å². The van der Waals surface area contributed by atoms with E-state index in [2.05, 4.69) is 11.9 Å². The molecule has 0 radical (unpaired) electrons. The highest BCUT2D eigenvalue weighted by Gasteiger charge is 2.18. The van der Waals surface area contributed by atoms with Crippen LogP contribution in [0.1, 0.15) is 16.7 Å².